The van der Waals surface area contributed by atoms with Crippen LogP contribution in [0.25, 0.3) is 0 Å². The lowest BCUT2D eigenvalue weighted by atomic mass is 10.2. The van der Waals surface area contributed by atoms with E-state index in [-0.39, 0.29) is 0 Å². The van der Waals surface area contributed by atoms with Crippen LogP contribution < -0.4 is 0 Å². The van der Waals surface area contributed by atoms with Gasteiger partial charge in [-0.2, -0.15) is 5.10 Å². The van der Waals surface area contributed by atoms with Crippen LogP contribution in [0.3, 0.4) is 0 Å². The highest BCUT2D eigenvalue weighted by molar-refractivity contribution is 4.96. The van der Waals surface area contributed by atoms with Crippen molar-refractivity contribution >= 4 is 0 Å². The molecule has 0 saturated carbocycles. The van der Waals surface area contributed by atoms with Gasteiger partial charge in [-0.1, -0.05) is 34.6 Å². The first-order chi connectivity index (χ1) is 6.15. The molecule has 0 spiro atoms. The molecular formula is C10H21N3. The lowest BCUT2D eigenvalue weighted by Gasteiger charge is -1.93. The molecular weight excluding hydrogens is 162 g/mol. The molecule has 0 unspecified atom stereocenters. The molecule has 1 heterocycles. The largest absolute Gasteiger partial charge is 0.253 e. The van der Waals surface area contributed by atoms with Gasteiger partial charge in [-0.25, -0.2) is 4.98 Å². The Morgan fingerprint density at radius 2 is 1.85 bits per heavy atom. The summed E-state index contributed by atoms with van der Waals surface area (Å²) in [5, 5.41) is 4.29. The van der Waals surface area contributed by atoms with E-state index in [0.29, 0.717) is 5.92 Å². The molecule has 0 aromatic carbocycles. The van der Waals surface area contributed by atoms with Gasteiger partial charge in [0, 0.05) is 19.4 Å². The minimum atomic E-state index is 0.432. The van der Waals surface area contributed by atoms with Crippen LogP contribution in [0.1, 0.15) is 52.2 Å². The number of hydrogen-bond acceptors (Lipinski definition) is 2. The maximum absolute atomic E-state index is 4.38. The normalized spacial score (nSPS) is 9.77. The molecule has 0 N–H and O–H groups in total. The van der Waals surface area contributed by atoms with Gasteiger partial charge in [0.25, 0.3) is 0 Å². The van der Waals surface area contributed by atoms with Gasteiger partial charge in [0.15, 0.2) is 5.82 Å². The molecule has 3 nitrogen and oxygen atoms in total. The molecule has 76 valence electrons. The molecule has 0 saturated heterocycles. The van der Waals surface area contributed by atoms with Crippen molar-refractivity contribution < 1.29 is 0 Å². The Labute approximate surface area is 81.2 Å². The number of nitrogens with zero attached hydrogens (tertiary/aromatic N) is 3. The molecule has 0 fully saturated rings. The summed E-state index contributed by atoms with van der Waals surface area (Å²) in [6.45, 7) is 10.3. The Kier molecular flexibility index (Phi) is 5.35. The van der Waals surface area contributed by atoms with Crippen LogP contribution in [-0.4, -0.2) is 14.8 Å². The van der Waals surface area contributed by atoms with Crippen LogP contribution in [0.4, 0.5) is 0 Å². The van der Waals surface area contributed by atoms with Gasteiger partial charge in [-0.3, -0.25) is 4.68 Å². The van der Waals surface area contributed by atoms with Crippen LogP contribution in [-0.2, 0) is 13.5 Å². The Balaban J connectivity index is 0.000000671. The third-order valence-corrected chi connectivity index (χ3v) is 1.70. The number of hydrogen-bond donors (Lipinski definition) is 0. The predicted molar refractivity (Wildman–Crippen MR) is 55.8 cm³/mol. The average Bonchev–Trinajstić information content (AvgIpc) is 2.50. The van der Waals surface area contributed by atoms with E-state index < -0.39 is 0 Å². The average molecular weight is 183 g/mol. The summed E-state index contributed by atoms with van der Waals surface area (Å²) in [5.74, 6) is 2.44. The SMILES string of the molecule is CC.CCc1nc(C(C)C)nn1C. The fraction of sp³-hybridized carbons (Fsp3) is 0.800. The zero-order valence-corrected chi connectivity index (χ0v) is 9.63. The van der Waals surface area contributed by atoms with Crippen LogP contribution >= 0.6 is 0 Å². The Hall–Kier alpha value is -0.860. The van der Waals surface area contributed by atoms with E-state index in [0.717, 1.165) is 18.1 Å². The van der Waals surface area contributed by atoms with Crippen molar-refractivity contribution in [3.8, 4) is 0 Å². The van der Waals surface area contributed by atoms with E-state index in [1.165, 1.54) is 0 Å². The molecule has 1 aromatic heterocycles. The summed E-state index contributed by atoms with van der Waals surface area (Å²) >= 11 is 0. The minimum Gasteiger partial charge on any atom is -0.253 e. The maximum Gasteiger partial charge on any atom is 0.153 e. The second-order valence-electron chi connectivity index (χ2n) is 3.02. The molecule has 13 heavy (non-hydrogen) atoms. The summed E-state index contributed by atoms with van der Waals surface area (Å²) in [6.07, 6.45) is 0.955. The highest BCUT2D eigenvalue weighted by Gasteiger charge is 2.07. The lowest BCUT2D eigenvalue weighted by Crippen LogP contribution is -1.97. The van der Waals surface area contributed by atoms with Gasteiger partial charge in [0.05, 0.1) is 0 Å². The summed E-state index contributed by atoms with van der Waals surface area (Å²) < 4.78 is 1.86. The second-order valence-corrected chi connectivity index (χ2v) is 3.02. The predicted octanol–water partition coefficient (Wildman–Crippen LogP) is 2.53. The molecule has 1 aromatic rings. The van der Waals surface area contributed by atoms with E-state index in [9.17, 15) is 0 Å². The van der Waals surface area contributed by atoms with Crippen molar-refractivity contribution in [2.45, 2.75) is 47.0 Å². The fourth-order valence-electron chi connectivity index (χ4n) is 0.991. The van der Waals surface area contributed by atoms with Gasteiger partial charge in [0.2, 0.25) is 0 Å². The van der Waals surface area contributed by atoms with E-state index in [1.54, 1.807) is 0 Å². The van der Waals surface area contributed by atoms with Crippen LogP contribution in [0, 0.1) is 0 Å². The molecule has 0 radical (unpaired) electrons. The molecule has 0 bridgehead atoms. The molecule has 3 heteroatoms. The standard InChI is InChI=1S/C8H15N3.C2H6/c1-5-7-9-8(6(2)3)10-11(7)4;1-2/h6H,5H2,1-4H3;1-2H3. The minimum absolute atomic E-state index is 0.432. The van der Waals surface area contributed by atoms with Gasteiger partial charge in [-0.05, 0) is 0 Å². The zero-order valence-electron chi connectivity index (χ0n) is 9.63. The van der Waals surface area contributed by atoms with E-state index in [2.05, 4.69) is 30.9 Å². The quantitative estimate of drug-likeness (QED) is 0.705. The second kappa shape index (κ2) is 5.73. The van der Waals surface area contributed by atoms with Crippen molar-refractivity contribution in [2.75, 3.05) is 0 Å². The summed E-state index contributed by atoms with van der Waals surface area (Å²) in [6, 6.07) is 0. The van der Waals surface area contributed by atoms with Crippen molar-refractivity contribution in [2.24, 2.45) is 7.05 Å². The molecule has 1 rings (SSSR count). The summed E-state index contributed by atoms with van der Waals surface area (Å²) in [4.78, 5) is 4.38. The van der Waals surface area contributed by atoms with Crippen molar-refractivity contribution in [1.29, 1.82) is 0 Å². The van der Waals surface area contributed by atoms with Gasteiger partial charge in [0.1, 0.15) is 5.82 Å². The van der Waals surface area contributed by atoms with Gasteiger partial charge >= 0.3 is 0 Å². The van der Waals surface area contributed by atoms with Gasteiger partial charge < -0.3 is 0 Å². The molecule has 0 aliphatic rings. The highest BCUT2D eigenvalue weighted by atomic mass is 15.3. The van der Waals surface area contributed by atoms with E-state index >= 15 is 0 Å². The van der Waals surface area contributed by atoms with Crippen molar-refractivity contribution in [3.63, 3.8) is 0 Å². The lowest BCUT2D eigenvalue weighted by molar-refractivity contribution is 0.685. The first-order valence-electron chi connectivity index (χ1n) is 5.05. The third-order valence-electron chi connectivity index (χ3n) is 1.70. The maximum atomic E-state index is 4.38. The highest BCUT2D eigenvalue weighted by Crippen LogP contribution is 2.08. The summed E-state index contributed by atoms with van der Waals surface area (Å²) in [5.41, 5.74) is 0. The smallest absolute Gasteiger partial charge is 0.153 e. The molecule has 0 aliphatic heterocycles. The Morgan fingerprint density at radius 1 is 1.31 bits per heavy atom. The Bertz CT molecular complexity index is 238. The Morgan fingerprint density at radius 3 is 2.08 bits per heavy atom. The molecule has 0 amide bonds. The number of rotatable bonds is 2. The first kappa shape index (κ1) is 12.1. The van der Waals surface area contributed by atoms with Crippen LogP contribution in [0.5, 0.6) is 0 Å². The van der Waals surface area contributed by atoms with Crippen molar-refractivity contribution in [1.82, 2.24) is 14.8 Å². The third kappa shape index (κ3) is 3.17. The molecule has 0 aliphatic carbocycles. The fourth-order valence-corrected chi connectivity index (χ4v) is 0.991. The van der Waals surface area contributed by atoms with Gasteiger partial charge in [-0.15, -0.1) is 0 Å². The zero-order chi connectivity index (χ0) is 10.4. The topological polar surface area (TPSA) is 30.7 Å². The molecule has 0 atom stereocenters. The number of aryl methyl sites for hydroxylation is 2. The first-order valence-corrected chi connectivity index (χ1v) is 5.05. The summed E-state index contributed by atoms with van der Waals surface area (Å²) in [7, 11) is 1.94. The van der Waals surface area contributed by atoms with E-state index in [4.69, 9.17) is 0 Å². The van der Waals surface area contributed by atoms with Crippen LogP contribution in [0.15, 0.2) is 0 Å². The number of aromatic nitrogens is 3. The monoisotopic (exact) mass is 183 g/mol. The van der Waals surface area contributed by atoms with Crippen molar-refractivity contribution in [3.05, 3.63) is 11.6 Å². The van der Waals surface area contributed by atoms with E-state index in [1.807, 2.05) is 25.6 Å². The van der Waals surface area contributed by atoms with Crippen LogP contribution in [0.2, 0.25) is 0 Å².